The topological polar surface area (TPSA) is 73.3 Å². The highest BCUT2D eigenvalue weighted by Gasteiger charge is 2.41. The molecule has 176 valence electrons. The maximum Gasteiger partial charge on any atom is 0.453 e. The summed E-state index contributed by atoms with van der Waals surface area (Å²) >= 11 is 0. The number of piperidine rings is 1. The van der Waals surface area contributed by atoms with Gasteiger partial charge in [0.2, 0.25) is 11.2 Å². The minimum absolute atomic E-state index is 0.0266. The monoisotopic (exact) mass is 464 g/mol. The Kier molecular flexibility index (Phi) is 6.25. The number of aromatic hydroxyl groups is 1. The summed E-state index contributed by atoms with van der Waals surface area (Å²) in [5.74, 6) is -1.71. The Hall–Kier alpha value is -3.20. The van der Waals surface area contributed by atoms with Crippen LogP contribution in [0.5, 0.6) is 23.0 Å². The maximum atomic E-state index is 13.9. The standard InChI is InChI=1S/C24H24F3NO5/c1-14-4-3-11-28(12-14)13-18-19(29)10-9-17-20(30)22(23(24(25,26)27)33-21(17)18)32-16-7-5-15(31-2)6-8-16/h5-10,14,29H,3-4,11-13H2,1-2H3/p+1/t14-/m0/s1. The Labute approximate surface area is 188 Å². The van der Waals surface area contributed by atoms with Gasteiger partial charge in [-0.25, -0.2) is 0 Å². The molecular weight excluding hydrogens is 439 g/mol. The van der Waals surface area contributed by atoms with Gasteiger partial charge < -0.3 is 23.9 Å². The highest BCUT2D eigenvalue weighted by Crippen LogP contribution is 2.40. The van der Waals surface area contributed by atoms with Crippen LogP contribution in [0.4, 0.5) is 13.2 Å². The summed E-state index contributed by atoms with van der Waals surface area (Å²) in [4.78, 5) is 14.3. The van der Waals surface area contributed by atoms with Gasteiger partial charge in [0.05, 0.1) is 31.1 Å². The Morgan fingerprint density at radius 2 is 1.85 bits per heavy atom. The Balaban J connectivity index is 1.83. The van der Waals surface area contributed by atoms with E-state index in [0.717, 1.165) is 30.8 Å². The molecule has 1 saturated heterocycles. The third-order valence-electron chi connectivity index (χ3n) is 5.92. The van der Waals surface area contributed by atoms with Crippen LogP contribution in [-0.4, -0.2) is 25.3 Å². The molecule has 2 heterocycles. The van der Waals surface area contributed by atoms with E-state index in [9.17, 15) is 23.1 Å². The minimum Gasteiger partial charge on any atom is -0.507 e. The van der Waals surface area contributed by atoms with Gasteiger partial charge in [-0.2, -0.15) is 13.2 Å². The van der Waals surface area contributed by atoms with Crippen molar-refractivity contribution in [2.45, 2.75) is 32.5 Å². The van der Waals surface area contributed by atoms with Gasteiger partial charge in [0, 0.05) is 5.92 Å². The van der Waals surface area contributed by atoms with Gasteiger partial charge in [-0.1, -0.05) is 6.92 Å². The fourth-order valence-corrected chi connectivity index (χ4v) is 4.31. The van der Waals surface area contributed by atoms with E-state index in [-0.39, 0.29) is 34.6 Å². The molecule has 1 aliphatic heterocycles. The first-order chi connectivity index (χ1) is 15.7. The molecule has 1 fully saturated rings. The number of ether oxygens (including phenoxy) is 2. The smallest absolute Gasteiger partial charge is 0.453 e. The first-order valence-electron chi connectivity index (χ1n) is 10.7. The second-order valence-corrected chi connectivity index (χ2v) is 8.43. The van der Waals surface area contributed by atoms with Crippen LogP contribution in [0, 0.1) is 5.92 Å². The summed E-state index contributed by atoms with van der Waals surface area (Å²) in [6.45, 7) is 4.03. The van der Waals surface area contributed by atoms with Gasteiger partial charge in [0.1, 0.15) is 23.8 Å². The molecule has 0 spiro atoms. The van der Waals surface area contributed by atoms with Crippen molar-refractivity contribution in [3.05, 3.63) is 57.9 Å². The van der Waals surface area contributed by atoms with Crippen molar-refractivity contribution in [2.75, 3.05) is 20.2 Å². The number of phenols is 1. The molecule has 2 aromatic carbocycles. The first kappa shape index (κ1) is 23.0. The van der Waals surface area contributed by atoms with Crippen molar-refractivity contribution in [3.8, 4) is 23.0 Å². The molecule has 9 heteroatoms. The average Bonchev–Trinajstić information content (AvgIpc) is 2.77. The highest BCUT2D eigenvalue weighted by molar-refractivity contribution is 5.83. The number of methoxy groups -OCH3 is 1. The van der Waals surface area contributed by atoms with Crippen LogP contribution in [0.25, 0.3) is 11.0 Å². The molecule has 4 rings (SSSR count). The predicted molar refractivity (Wildman–Crippen MR) is 115 cm³/mol. The number of benzene rings is 2. The summed E-state index contributed by atoms with van der Waals surface area (Å²) < 4.78 is 57.4. The summed E-state index contributed by atoms with van der Waals surface area (Å²) in [5, 5.41) is 10.4. The number of halogens is 3. The van der Waals surface area contributed by atoms with Gasteiger partial charge in [-0.3, -0.25) is 4.79 Å². The number of likely N-dealkylation sites (tertiary alicyclic amines) is 1. The molecule has 0 amide bonds. The van der Waals surface area contributed by atoms with E-state index in [1.165, 1.54) is 43.5 Å². The molecule has 1 aliphatic rings. The van der Waals surface area contributed by atoms with Gasteiger partial charge in [-0.15, -0.1) is 0 Å². The zero-order valence-electron chi connectivity index (χ0n) is 18.3. The van der Waals surface area contributed by atoms with Gasteiger partial charge in [-0.05, 0) is 49.2 Å². The lowest BCUT2D eigenvalue weighted by atomic mass is 9.99. The molecule has 1 unspecified atom stereocenters. The zero-order chi connectivity index (χ0) is 23.8. The van der Waals surface area contributed by atoms with Crippen molar-refractivity contribution in [3.63, 3.8) is 0 Å². The second kappa shape index (κ2) is 8.97. The number of rotatable bonds is 5. The third-order valence-corrected chi connectivity index (χ3v) is 5.92. The van der Waals surface area contributed by atoms with Crippen molar-refractivity contribution in [1.29, 1.82) is 0 Å². The average molecular weight is 464 g/mol. The van der Waals surface area contributed by atoms with E-state index in [1.807, 2.05) is 0 Å². The van der Waals surface area contributed by atoms with E-state index in [0.29, 0.717) is 11.7 Å². The summed E-state index contributed by atoms with van der Waals surface area (Å²) in [7, 11) is 1.45. The van der Waals surface area contributed by atoms with Crippen LogP contribution in [0.1, 0.15) is 31.1 Å². The van der Waals surface area contributed by atoms with Crippen molar-refractivity contribution >= 4 is 11.0 Å². The lowest BCUT2D eigenvalue weighted by molar-refractivity contribution is -0.922. The number of alkyl halides is 3. The van der Waals surface area contributed by atoms with Crippen LogP contribution >= 0.6 is 0 Å². The van der Waals surface area contributed by atoms with E-state index >= 15 is 0 Å². The lowest BCUT2D eigenvalue weighted by Crippen LogP contribution is -3.12. The summed E-state index contributed by atoms with van der Waals surface area (Å²) in [6, 6.07) is 8.37. The van der Waals surface area contributed by atoms with Crippen molar-refractivity contribution < 1.29 is 37.1 Å². The van der Waals surface area contributed by atoms with Gasteiger partial charge in [0.25, 0.3) is 5.76 Å². The maximum absolute atomic E-state index is 13.9. The molecule has 33 heavy (non-hydrogen) atoms. The van der Waals surface area contributed by atoms with Crippen molar-refractivity contribution in [1.82, 2.24) is 0 Å². The van der Waals surface area contributed by atoms with Gasteiger partial charge in [0.15, 0.2) is 5.58 Å². The quantitative estimate of drug-likeness (QED) is 0.594. The molecule has 0 saturated carbocycles. The summed E-state index contributed by atoms with van der Waals surface area (Å²) in [6.07, 6.45) is -2.91. The second-order valence-electron chi connectivity index (χ2n) is 8.43. The molecule has 3 aromatic rings. The fraction of sp³-hybridized carbons (Fsp3) is 0.375. The molecule has 1 aromatic heterocycles. The predicted octanol–water partition coefficient (Wildman–Crippen LogP) is 4.13. The molecule has 2 atom stereocenters. The number of hydrogen-bond acceptors (Lipinski definition) is 5. The Bertz CT molecular complexity index is 1200. The largest absolute Gasteiger partial charge is 0.507 e. The Morgan fingerprint density at radius 1 is 1.15 bits per heavy atom. The fourth-order valence-electron chi connectivity index (χ4n) is 4.31. The SMILES string of the molecule is COc1ccc(Oc2c(C(F)(F)F)oc3c(C[NH+]4CCC[C@H](C)C4)c(O)ccc3c2=O)cc1. The highest BCUT2D eigenvalue weighted by atomic mass is 19.4. The summed E-state index contributed by atoms with van der Waals surface area (Å²) in [5.41, 5.74) is -1.03. The zero-order valence-corrected chi connectivity index (χ0v) is 18.3. The number of quaternary nitrogens is 1. The Morgan fingerprint density at radius 3 is 2.48 bits per heavy atom. The normalized spacial score (nSPS) is 18.9. The number of nitrogens with one attached hydrogen (secondary N) is 1. The van der Waals surface area contributed by atoms with E-state index in [4.69, 9.17) is 13.9 Å². The minimum atomic E-state index is -4.98. The third kappa shape index (κ3) is 4.78. The van der Waals surface area contributed by atoms with Crippen molar-refractivity contribution in [2.24, 2.45) is 5.92 Å². The molecule has 0 bridgehead atoms. The van der Waals surface area contributed by atoms with E-state index in [1.54, 1.807) is 0 Å². The first-order valence-corrected chi connectivity index (χ1v) is 10.7. The van der Waals surface area contributed by atoms with Crippen LogP contribution in [-0.2, 0) is 12.7 Å². The molecule has 0 radical (unpaired) electrons. The van der Waals surface area contributed by atoms with Crippen LogP contribution in [0.3, 0.4) is 0 Å². The van der Waals surface area contributed by atoms with Gasteiger partial charge >= 0.3 is 6.18 Å². The van der Waals surface area contributed by atoms with Crippen LogP contribution in [0.2, 0.25) is 0 Å². The van der Waals surface area contributed by atoms with E-state index < -0.39 is 23.1 Å². The number of fused-ring (bicyclic) bond motifs is 1. The molecular formula is C24H25F3NO5+. The number of hydrogen-bond donors (Lipinski definition) is 2. The molecule has 6 nitrogen and oxygen atoms in total. The molecule has 2 N–H and O–H groups in total. The van der Waals surface area contributed by atoms with Crippen LogP contribution in [0.15, 0.2) is 45.6 Å². The number of phenolic OH excluding ortho intramolecular Hbond substituents is 1. The van der Waals surface area contributed by atoms with E-state index in [2.05, 4.69) is 6.92 Å². The molecule has 0 aliphatic carbocycles. The van der Waals surface area contributed by atoms with Crippen LogP contribution < -0.4 is 19.8 Å². The lowest BCUT2D eigenvalue weighted by Gasteiger charge is -2.28.